The van der Waals surface area contributed by atoms with Crippen LogP contribution in [-0.4, -0.2) is 29.8 Å². The van der Waals surface area contributed by atoms with Crippen molar-refractivity contribution < 1.29 is 19.4 Å². The summed E-state index contributed by atoms with van der Waals surface area (Å²) < 4.78 is 5.15. The van der Waals surface area contributed by atoms with Gasteiger partial charge >= 0.3 is 5.97 Å². The zero-order valence-electron chi connectivity index (χ0n) is 12.8. The number of aliphatic carboxylic acids is 1. The Kier molecular flexibility index (Phi) is 5.92. The zero-order chi connectivity index (χ0) is 17.5. The highest BCUT2D eigenvalue weighted by Crippen LogP contribution is 2.17. The minimum absolute atomic E-state index is 0.358. The van der Waals surface area contributed by atoms with Gasteiger partial charge in [0, 0.05) is 16.1 Å². The van der Waals surface area contributed by atoms with Gasteiger partial charge in [-0.3, -0.25) is 4.79 Å². The molecule has 0 atom stereocenters. The number of benzene rings is 2. The first-order chi connectivity index (χ1) is 11.5. The van der Waals surface area contributed by atoms with Crippen LogP contribution < -0.4 is 10.2 Å². The van der Waals surface area contributed by atoms with Gasteiger partial charge in [-0.2, -0.15) is 5.10 Å². The molecule has 0 aliphatic carbocycles. The molecule has 24 heavy (non-hydrogen) atoms. The molecule has 2 aromatic carbocycles. The zero-order valence-corrected chi connectivity index (χ0v) is 13.6. The van der Waals surface area contributed by atoms with Crippen LogP contribution >= 0.6 is 11.6 Å². The number of amides is 1. The van der Waals surface area contributed by atoms with Gasteiger partial charge in [-0.1, -0.05) is 29.8 Å². The molecule has 1 amide bonds. The second-order valence-electron chi connectivity index (χ2n) is 4.88. The third-order valence-electron chi connectivity index (χ3n) is 3.07. The van der Waals surface area contributed by atoms with Gasteiger partial charge in [-0.05, 0) is 36.8 Å². The molecule has 0 aliphatic rings. The van der Waals surface area contributed by atoms with Crippen LogP contribution in [0.5, 0.6) is 5.75 Å². The number of hydrogen-bond acceptors (Lipinski definition) is 4. The highest BCUT2D eigenvalue weighted by Gasteiger charge is 2.07. The Labute approximate surface area is 143 Å². The summed E-state index contributed by atoms with van der Waals surface area (Å²) in [7, 11) is 0. The summed E-state index contributed by atoms with van der Waals surface area (Å²) in [4.78, 5) is 22.6. The van der Waals surface area contributed by atoms with Crippen molar-refractivity contribution in [1.29, 1.82) is 0 Å². The summed E-state index contributed by atoms with van der Waals surface area (Å²) in [5.74, 6) is -1.13. The lowest BCUT2D eigenvalue weighted by Crippen LogP contribution is -2.17. The van der Waals surface area contributed by atoms with Gasteiger partial charge in [0.2, 0.25) is 0 Å². The van der Waals surface area contributed by atoms with E-state index in [4.69, 9.17) is 21.4 Å². The molecule has 0 aromatic heterocycles. The predicted octanol–water partition coefficient (Wildman–Crippen LogP) is 2.88. The Morgan fingerprint density at radius 2 is 2.04 bits per heavy atom. The van der Waals surface area contributed by atoms with Crippen LogP contribution in [0.15, 0.2) is 47.6 Å². The Bertz CT molecular complexity index is 790. The average molecular weight is 347 g/mol. The number of ether oxygens (including phenoxy) is 1. The maximum atomic E-state index is 12.0. The molecular weight excluding hydrogens is 332 g/mol. The number of carboxylic acids is 1. The molecule has 0 fully saturated rings. The number of carbonyl (C=O) groups is 2. The Morgan fingerprint density at radius 1 is 1.29 bits per heavy atom. The van der Waals surface area contributed by atoms with E-state index in [1.807, 2.05) is 6.92 Å². The maximum Gasteiger partial charge on any atom is 0.341 e. The number of aryl methyl sites for hydroxylation is 1. The molecule has 124 valence electrons. The number of carboxylic acid groups (broad SMARTS) is 1. The number of carbonyl (C=O) groups excluding carboxylic acids is 1. The number of rotatable bonds is 6. The van der Waals surface area contributed by atoms with E-state index in [2.05, 4.69) is 10.5 Å². The maximum absolute atomic E-state index is 12.0. The second-order valence-corrected chi connectivity index (χ2v) is 5.29. The number of hydrogen-bond donors (Lipinski definition) is 2. The first kappa shape index (κ1) is 17.5. The molecule has 0 aliphatic heterocycles. The second kappa shape index (κ2) is 8.12. The average Bonchev–Trinajstić information content (AvgIpc) is 2.56. The molecule has 2 rings (SSSR count). The number of hydrazone groups is 1. The van der Waals surface area contributed by atoms with E-state index < -0.39 is 18.5 Å². The van der Waals surface area contributed by atoms with Gasteiger partial charge in [0.15, 0.2) is 6.61 Å². The molecular formula is C17H15ClN2O4. The molecule has 7 heteroatoms. The van der Waals surface area contributed by atoms with Crippen LogP contribution in [0.3, 0.4) is 0 Å². The summed E-state index contributed by atoms with van der Waals surface area (Å²) >= 11 is 5.99. The van der Waals surface area contributed by atoms with Crippen LogP contribution in [0.4, 0.5) is 0 Å². The van der Waals surface area contributed by atoms with Crippen molar-refractivity contribution in [2.75, 3.05) is 6.61 Å². The molecule has 0 heterocycles. The lowest BCUT2D eigenvalue weighted by molar-refractivity contribution is -0.139. The van der Waals surface area contributed by atoms with Crippen LogP contribution in [0.1, 0.15) is 21.5 Å². The van der Waals surface area contributed by atoms with E-state index >= 15 is 0 Å². The number of nitrogens with zero attached hydrogens (tertiary/aromatic N) is 1. The molecule has 0 saturated carbocycles. The fourth-order valence-electron chi connectivity index (χ4n) is 1.82. The van der Waals surface area contributed by atoms with Gasteiger partial charge < -0.3 is 9.84 Å². The lowest BCUT2D eigenvalue weighted by Gasteiger charge is -2.06. The van der Waals surface area contributed by atoms with E-state index in [-0.39, 0.29) is 0 Å². The molecule has 0 unspecified atom stereocenters. The molecule has 0 bridgehead atoms. The summed E-state index contributed by atoms with van der Waals surface area (Å²) in [6, 6.07) is 11.7. The van der Waals surface area contributed by atoms with Crippen molar-refractivity contribution in [2.24, 2.45) is 5.10 Å². The van der Waals surface area contributed by atoms with Gasteiger partial charge in [-0.15, -0.1) is 0 Å². The molecule has 6 nitrogen and oxygen atoms in total. The molecule has 0 spiro atoms. The van der Waals surface area contributed by atoms with E-state index in [0.717, 1.165) is 5.56 Å². The van der Waals surface area contributed by atoms with E-state index in [1.165, 1.54) is 6.21 Å². The van der Waals surface area contributed by atoms with Crippen molar-refractivity contribution >= 4 is 29.7 Å². The highest BCUT2D eigenvalue weighted by atomic mass is 35.5. The van der Waals surface area contributed by atoms with Crippen molar-refractivity contribution in [3.05, 3.63) is 64.2 Å². The minimum Gasteiger partial charge on any atom is -0.481 e. The number of para-hydroxylation sites is 1. The fraction of sp³-hybridized carbons (Fsp3) is 0.118. The summed E-state index contributed by atoms with van der Waals surface area (Å²) in [5, 5.41) is 13.0. The summed E-state index contributed by atoms with van der Waals surface area (Å²) in [5.41, 5.74) is 4.19. The minimum atomic E-state index is -1.08. The highest BCUT2D eigenvalue weighted by molar-refractivity contribution is 6.31. The van der Waals surface area contributed by atoms with Gasteiger partial charge in [-0.25, -0.2) is 10.2 Å². The third-order valence-corrected chi connectivity index (χ3v) is 3.48. The lowest BCUT2D eigenvalue weighted by atomic mass is 10.1. The quantitative estimate of drug-likeness (QED) is 0.622. The van der Waals surface area contributed by atoms with Crippen molar-refractivity contribution in [2.45, 2.75) is 6.92 Å². The van der Waals surface area contributed by atoms with E-state index in [9.17, 15) is 9.59 Å². The van der Waals surface area contributed by atoms with Crippen LogP contribution in [0, 0.1) is 6.92 Å². The standard InChI is InChI=1S/C17H15ClN2O4/c1-11-6-7-12(8-14(11)18)17(23)20-19-9-13-4-2-3-5-15(13)24-10-16(21)22/h2-9H,10H2,1H3,(H,20,23)(H,21,22)/b19-9-. The first-order valence-corrected chi connectivity index (χ1v) is 7.38. The molecule has 2 aromatic rings. The first-order valence-electron chi connectivity index (χ1n) is 7.00. The Balaban J connectivity index is 2.04. The van der Waals surface area contributed by atoms with E-state index in [1.54, 1.807) is 42.5 Å². The summed E-state index contributed by atoms with van der Waals surface area (Å²) in [6.07, 6.45) is 1.38. The monoisotopic (exact) mass is 346 g/mol. The molecule has 0 radical (unpaired) electrons. The largest absolute Gasteiger partial charge is 0.481 e. The Morgan fingerprint density at radius 3 is 2.75 bits per heavy atom. The van der Waals surface area contributed by atoms with Crippen molar-refractivity contribution in [3.8, 4) is 5.75 Å². The van der Waals surface area contributed by atoms with Crippen molar-refractivity contribution in [3.63, 3.8) is 0 Å². The predicted molar refractivity (Wildman–Crippen MR) is 90.8 cm³/mol. The van der Waals surface area contributed by atoms with Crippen LogP contribution in [0.25, 0.3) is 0 Å². The fourth-order valence-corrected chi connectivity index (χ4v) is 2.00. The normalized spacial score (nSPS) is 10.6. The number of halogens is 1. The van der Waals surface area contributed by atoms with Gasteiger partial charge in [0.1, 0.15) is 5.75 Å². The van der Waals surface area contributed by atoms with Crippen LogP contribution in [-0.2, 0) is 4.79 Å². The summed E-state index contributed by atoms with van der Waals surface area (Å²) in [6.45, 7) is 1.38. The molecule has 2 N–H and O–H groups in total. The molecule has 0 saturated heterocycles. The third kappa shape index (κ3) is 4.82. The Hall–Kier alpha value is -2.86. The van der Waals surface area contributed by atoms with Gasteiger partial charge in [0.05, 0.1) is 6.21 Å². The van der Waals surface area contributed by atoms with Gasteiger partial charge in [0.25, 0.3) is 5.91 Å². The van der Waals surface area contributed by atoms with Crippen LogP contribution in [0.2, 0.25) is 5.02 Å². The smallest absolute Gasteiger partial charge is 0.341 e. The SMILES string of the molecule is Cc1ccc(C(=O)N/N=C\c2ccccc2OCC(=O)O)cc1Cl. The number of nitrogens with one attached hydrogen (secondary N) is 1. The van der Waals surface area contributed by atoms with E-state index in [0.29, 0.717) is 21.9 Å². The topological polar surface area (TPSA) is 88.0 Å². The van der Waals surface area contributed by atoms with Crippen molar-refractivity contribution in [1.82, 2.24) is 5.43 Å².